The first kappa shape index (κ1) is 16.7. The first-order chi connectivity index (χ1) is 11.7. The molecule has 2 heterocycles. The number of amides is 1. The lowest BCUT2D eigenvalue weighted by Crippen LogP contribution is -2.49. The quantitative estimate of drug-likeness (QED) is 0.782. The fraction of sp³-hybridized carbons (Fsp3) is 0.333. The van der Waals surface area contributed by atoms with Gasteiger partial charge in [0.25, 0.3) is 5.91 Å². The second-order valence-electron chi connectivity index (χ2n) is 5.70. The number of thiophene rings is 1. The molecule has 0 spiro atoms. The Balaban J connectivity index is 1.51. The summed E-state index contributed by atoms with van der Waals surface area (Å²) in [6, 6.07) is 10.9. The fourth-order valence-corrected chi connectivity index (χ4v) is 3.43. The molecule has 126 valence electrons. The number of rotatable bonds is 5. The van der Waals surface area contributed by atoms with Crippen LogP contribution in [-0.2, 0) is 0 Å². The number of carbonyl (C=O) groups excluding carboxylic acids is 2. The Kier molecular flexibility index (Phi) is 5.27. The Morgan fingerprint density at radius 3 is 2.38 bits per heavy atom. The SMILES string of the molecule is COc1ccc(C(=O)CN2CCN(C(=O)c3cccs3)CC2)cc1. The number of benzene rings is 1. The Hall–Kier alpha value is -2.18. The third-order valence-corrected chi connectivity index (χ3v) is 5.03. The molecule has 0 atom stereocenters. The summed E-state index contributed by atoms with van der Waals surface area (Å²) >= 11 is 1.47. The molecule has 1 fully saturated rings. The normalized spacial score (nSPS) is 15.3. The first-order valence-electron chi connectivity index (χ1n) is 7.90. The van der Waals surface area contributed by atoms with Gasteiger partial charge in [0.05, 0.1) is 18.5 Å². The molecular formula is C18H20N2O3S. The summed E-state index contributed by atoms with van der Waals surface area (Å²) in [6.45, 7) is 3.14. The highest BCUT2D eigenvalue weighted by Crippen LogP contribution is 2.15. The van der Waals surface area contributed by atoms with Crippen LogP contribution in [0.5, 0.6) is 5.75 Å². The number of hydrogen-bond donors (Lipinski definition) is 0. The molecule has 1 aliphatic rings. The van der Waals surface area contributed by atoms with Crippen LogP contribution in [0.4, 0.5) is 0 Å². The van der Waals surface area contributed by atoms with Gasteiger partial charge in [-0.05, 0) is 35.7 Å². The lowest BCUT2D eigenvalue weighted by Gasteiger charge is -2.34. The van der Waals surface area contributed by atoms with Gasteiger partial charge in [-0.1, -0.05) is 6.07 Å². The van der Waals surface area contributed by atoms with Crippen molar-refractivity contribution in [3.8, 4) is 5.75 Å². The molecule has 0 radical (unpaired) electrons. The summed E-state index contributed by atoms with van der Waals surface area (Å²) in [6.07, 6.45) is 0. The molecule has 6 heteroatoms. The van der Waals surface area contributed by atoms with Crippen LogP contribution in [0.3, 0.4) is 0 Å². The summed E-state index contributed by atoms with van der Waals surface area (Å²) in [4.78, 5) is 29.4. The van der Waals surface area contributed by atoms with Crippen molar-refractivity contribution in [1.82, 2.24) is 9.80 Å². The summed E-state index contributed by atoms with van der Waals surface area (Å²) in [5.41, 5.74) is 0.688. The van der Waals surface area contributed by atoms with E-state index in [1.54, 1.807) is 31.4 Å². The van der Waals surface area contributed by atoms with Gasteiger partial charge >= 0.3 is 0 Å². The second kappa shape index (κ2) is 7.59. The number of ketones is 1. The molecule has 0 bridgehead atoms. The van der Waals surface area contributed by atoms with Crippen molar-refractivity contribution >= 4 is 23.0 Å². The summed E-state index contributed by atoms with van der Waals surface area (Å²) in [5, 5.41) is 1.91. The van der Waals surface area contributed by atoms with Gasteiger partial charge in [0.15, 0.2) is 5.78 Å². The molecule has 0 N–H and O–H groups in total. The minimum atomic E-state index is 0.0890. The lowest BCUT2D eigenvalue weighted by atomic mass is 10.1. The van der Waals surface area contributed by atoms with Gasteiger partial charge in [-0.25, -0.2) is 0 Å². The van der Waals surface area contributed by atoms with E-state index in [2.05, 4.69) is 4.90 Å². The highest BCUT2D eigenvalue weighted by atomic mass is 32.1. The van der Waals surface area contributed by atoms with Gasteiger partial charge < -0.3 is 9.64 Å². The highest BCUT2D eigenvalue weighted by Gasteiger charge is 2.24. The number of Topliss-reactive ketones (excluding diaryl/α,β-unsaturated/α-hetero) is 1. The van der Waals surface area contributed by atoms with E-state index in [9.17, 15) is 9.59 Å². The molecule has 5 nitrogen and oxygen atoms in total. The molecular weight excluding hydrogens is 324 g/mol. The Morgan fingerprint density at radius 1 is 1.08 bits per heavy atom. The van der Waals surface area contributed by atoms with Gasteiger partial charge in [-0.2, -0.15) is 0 Å². The molecule has 1 aromatic heterocycles. The minimum Gasteiger partial charge on any atom is -0.497 e. The standard InChI is InChI=1S/C18H20N2O3S/c1-23-15-6-4-14(5-7-15)16(21)13-19-8-10-20(11-9-19)18(22)17-3-2-12-24-17/h2-7,12H,8-11,13H2,1H3. The Bertz CT molecular complexity index is 690. The van der Waals surface area contributed by atoms with Crippen molar-refractivity contribution in [1.29, 1.82) is 0 Å². The van der Waals surface area contributed by atoms with Crippen molar-refractivity contribution < 1.29 is 14.3 Å². The lowest BCUT2D eigenvalue weighted by molar-refractivity contribution is 0.0629. The molecule has 1 aliphatic heterocycles. The van der Waals surface area contributed by atoms with Crippen LogP contribution in [0.2, 0.25) is 0 Å². The highest BCUT2D eigenvalue weighted by molar-refractivity contribution is 7.12. The average molecular weight is 344 g/mol. The molecule has 0 unspecified atom stereocenters. The molecule has 0 aliphatic carbocycles. The van der Waals surface area contributed by atoms with E-state index in [1.165, 1.54) is 11.3 Å². The maximum atomic E-state index is 12.4. The van der Waals surface area contributed by atoms with Crippen molar-refractivity contribution in [2.24, 2.45) is 0 Å². The van der Waals surface area contributed by atoms with E-state index < -0.39 is 0 Å². The molecule has 24 heavy (non-hydrogen) atoms. The molecule has 1 saturated heterocycles. The van der Waals surface area contributed by atoms with Gasteiger partial charge in [-0.15, -0.1) is 11.3 Å². The van der Waals surface area contributed by atoms with Gasteiger partial charge in [-0.3, -0.25) is 14.5 Å². The predicted octanol–water partition coefficient (Wildman–Crippen LogP) is 2.40. The van der Waals surface area contributed by atoms with Crippen molar-refractivity contribution in [2.45, 2.75) is 0 Å². The number of methoxy groups -OCH3 is 1. The fourth-order valence-electron chi connectivity index (χ4n) is 2.74. The maximum absolute atomic E-state index is 12.4. The van der Waals surface area contributed by atoms with E-state index in [4.69, 9.17) is 4.74 Å². The minimum absolute atomic E-state index is 0.0890. The van der Waals surface area contributed by atoms with Crippen LogP contribution in [-0.4, -0.2) is 61.3 Å². The second-order valence-corrected chi connectivity index (χ2v) is 6.65. The maximum Gasteiger partial charge on any atom is 0.264 e. The number of carbonyl (C=O) groups is 2. The molecule has 1 amide bonds. The summed E-state index contributed by atoms with van der Waals surface area (Å²) in [5.74, 6) is 0.925. The third kappa shape index (κ3) is 3.83. The Morgan fingerprint density at radius 2 is 1.79 bits per heavy atom. The van der Waals surface area contributed by atoms with Crippen LogP contribution in [0.25, 0.3) is 0 Å². The molecule has 1 aromatic carbocycles. The van der Waals surface area contributed by atoms with Crippen LogP contribution in [0.1, 0.15) is 20.0 Å². The zero-order valence-corrected chi connectivity index (χ0v) is 14.4. The third-order valence-electron chi connectivity index (χ3n) is 4.17. The van der Waals surface area contributed by atoms with Crippen LogP contribution >= 0.6 is 11.3 Å². The van der Waals surface area contributed by atoms with E-state index in [1.807, 2.05) is 22.4 Å². The zero-order chi connectivity index (χ0) is 16.9. The number of piperazine rings is 1. The van der Waals surface area contributed by atoms with Gasteiger partial charge in [0.2, 0.25) is 0 Å². The Labute approximate surface area is 145 Å². The number of hydrogen-bond acceptors (Lipinski definition) is 5. The number of ether oxygens (including phenoxy) is 1. The predicted molar refractivity (Wildman–Crippen MR) is 94.0 cm³/mol. The van der Waals surface area contributed by atoms with Crippen LogP contribution in [0.15, 0.2) is 41.8 Å². The largest absolute Gasteiger partial charge is 0.497 e. The first-order valence-corrected chi connectivity index (χ1v) is 8.78. The summed E-state index contributed by atoms with van der Waals surface area (Å²) < 4.78 is 5.11. The van der Waals surface area contributed by atoms with Crippen LogP contribution < -0.4 is 4.74 Å². The topological polar surface area (TPSA) is 49.9 Å². The molecule has 3 rings (SSSR count). The monoisotopic (exact) mass is 344 g/mol. The average Bonchev–Trinajstić information content (AvgIpc) is 3.16. The van der Waals surface area contributed by atoms with Gasteiger partial charge in [0.1, 0.15) is 5.75 Å². The molecule has 0 saturated carbocycles. The van der Waals surface area contributed by atoms with E-state index >= 15 is 0 Å². The zero-order valence-electron chi connectivity index (χ0n) is 13.6. The molecule has 2 aromatic rings. The van der Waals surface area contributed by atoms with Crippen molar-refractivity contribution in [3.05, 3.63) is 52.2 Å². The van der Waals surface area contributed by atoms with Crippen LogP contribution in [0, 0.1) is 0 Å². The van der Waals surface area contributed by atoms with Gasteiger partial charge in [0, 0.05) is 31.7 Å². The van der Waals surface area contributed by atoms with Crippen molar-refractivity contribution in [3.63, 3.8) is 0 Å². The van der Waals surface area contributed by atoms with E-state index in [0.717, 1.165) is 23.7 Å². The number of nitrogens with zero attached hydrogens (tertiary/aromatic N) is 2. The summed E-state index contributed by atoms with van der Waals surface area (Å²) in [7, 11) is 1.60. The van der Waals surface area contributed by atoms with Crippen molar-refractivity contribution in [2.75, 3.05) is 39.8 Å². The smallest absolute Gasteiger partial charge is 0.264 e. The van der Waals surface area contributed by atoms with E-state index in [-0.39, 0.29) is 11.7 Å². The van der Waals surface area contributed by atoms with E-state index in [0.29, 0.717) is 25.2 Å².